The second-order valence-electron chi connectivity index (χ2n) is 2.66. The molecule has 0 unspecified atom stereocenters. The lowest BCUT2D eigenvalue weighted by Crippen LogP contribution is -2.29. The minimum atomic E-state index is -0.700. The fraction of sp³-hybridized carbons (Fsp3) is 0.125. The molecule has 0 aromatic heterocycles. The van der Waals surface area contributed by atoms with Gasteiger partial charge in [0.2, 0.25) is 0 Å². The fourth-order valence-electron chi connectivity index (χ4n) is 0.888. The maximum absolute atomic E-state index is 10.7. The first kappa shape index (κ1) is 12.1. The molecule has 1 aromatic rings. The third-order valence-corrected chi connectivity index (χ3v) is 1.96. The van der Waals surface area contributed by atoms with Crippen molar-refractivity contribution in [3.05, 3.63) is 33.3 Å². The van der Waals surface area contributed by atoms with E-state index < -0.39 is 11.0 Å². The standard InChI is InChI=1S/C8H8ClN3O4/c1-16-8(13)11-10-7-3-2-5(12(14)15)4-6(7)9/h2-4,10H,1H3,(H,11,13). The molecule has 0 bridgehead atoms. The van der Waals surface area contributed by atoms with Gasteiger partial charge in [-0.05, 0) is 6.07 Å². The first-order chi connectivity index (χ1) is 7.54. The highest BCUT2D eigenvalue weighted by atomic mass is 35.5. The van der Waals surface area contributed by atoms with Crippen LogP contribution in [0, 0.1) is 10.1 Å². The molecule has 0 saturated heterocycles. The van der Waals surface area contributed by atoms with Gasteiger partial charge in [-0.2, -0.15) is 0 Å². The number of halogens is 1. The van der Waals surface area contributed by atoms with Crippen LogP contribution in [0.4, 0.5) is 16.2 Å². The van der Waals surface area contributed by atoms with E-state index >= 15 is 0 Å². The summed E-state index contributed by atoms with van der Waals surface area (Å²) in [6.07, 6.45) is -0.700. The first-order valence-electron chi connectivity index (χ1n) is 4.08. The number of hydrogen-bond donors (Lipinski definition) is 2. The van der Waals surface area contributed by atoms with Crippen LogP contribution in [0.1, 0.15) is 0 Å². The van der Waals surface area contributed by atoms with E-state index in [1.807, 2.05) is 0 Å². The van der Waals surface area contributed by atoms with Crippen LogP contribution in [0.25, 0.3) is 0 Å². The summed E-state index contributed by atoms with van der Waals surface area (Å²) in [6.45, 7) is 0. The summed E-state index contributed by atoms with van der Waals surface area (Å²) in [7, 11) is 1.20. The zero-order valence-electron chi connectivity index (χ0n) is 8.19. The number of benzene rings is 1. The number of nitro groups is 1. The number of nitro benzene ring substituents is 1. The molecule has 16 heavy (non-hydrogen) atoms. The Balaban J connectivity index is 2.75. The Bertz CT molecular complexity index is 424. The Hall–Kier alpha value is -2.02. The highest BCUT2D eigenvalue weighted by Gasteiger charge is 2.09. The number of amides is 1. The molecule has 0 atom stereocenters. The molecule has 0 spiro atoms. The van der Waals surface area contributed by atoms with E-state index in [4.69, 9.17) is 11.6 Å². The molecule has 0 saturated carbocycles. The van der Waals surface area contributed by atoms with Crippen LogP contribution in [0.15, 0.2) is 18.2 Å². The van der Waals surface area contributed by atoms with E-state index in [1.165, 1.54) is 25.3 Å². The first-order valence-corrected chi connectivity index (χ1v) is 4.46. The van der Waals surface area contributed by atoms with Gasteiger partial charge in [-0.3, -0.25) is 15.5 Å². The number of hydrazine groups is 1. The number of rotatable bonds is 3. The van der Waals surface area contributed by atoms with Crippen LogP contribution < -0.4 is 10.9 Å². The molecule has 1 amide bonds. The second kappa shape index (κ2) is 5.17. The number of hydrogen-bond acceptors (Lipinski definition) is 5. The number of ether oxygens (including phenoxy) is 1. The molecule has 7 nitrogen and oxygen atoms in total. The van der Waals surface area contributed by atoms with Crippen LogP contribution in [0.5, 0.6) is 0 Å². The van der Waals surface area contributed by atoms with E-state index in [0.29, 0.717) is 5.69 Å². The lowest BCUT2D eigenvalue weighted by molar-refractivity contribution is -0.384. The number of methoxy groups -OCH3 is 1. The van der Waals surface area contributed by atoms with Gasteiger partial charge in [0.25, 0.3) is 5.69 Å². The van der Waals surface area contributed by atoms with Crippen molar-refractivity contribution < 1.29 is 14.5 Å². The van der Waals surface area contributed by atoms with E-state index in [0.717, 1.165) is 0 Å². The monoisotopic (exact) mass is 245 g/mol. The molecule has 1 aromatic carbocycles. The maximum atomic E-state index is 10.7. The topological polar surface area (TPSA) is 93.5 Å². The lowest BCUT2D eigenvalue weighted by Gasteiger charge is -2.08. The molecule has 0 radical (unpaired) electrons. The Morgan fingerprint density at radius 2 is 2.25 bits per heavy atom. The fourth-order valence-corrected chi connectivity index (χ4v) is 1.11. The minimum absolute atomic E-state index is 0.116. The summed E-state index contributed by atoms with van der Waals surface area (Å²) in [5.74, 6) is 0. The summed E-state index contributed by atoms with van der Waals surface area (Å²) < 4.78 is 4.31. The molecule has 86 valence electrons. The molecule has 0 aliphatic carbocycles. The number of anilines is 1. The third-order valence-electron chi connectivity index (χ3n) is 1.65. The van der Waals surface area contributed by atoms with E-state index in [9.17, 15) is 14.9 Å². The largest absolute Gasteiger partial charge is 0.452 e. The second-order valence-corrected chi connectivity index (χ2v) is 3.07. The van der Waals surface area contributed by atoms with Crippen molar-refractivity contribution in [2.75, 3.05) is 12.5 Å². The molecule has 0 aliphatic rings. The van der Waals surface area contributed by atoms with Crippen LogP contribution >= 0.6 is 11.6 Å². The normalized spacial score (nSPS) is 9.38. The SMILES string of the molecule is COC(=O)NNc1ccc([N+](=O)[O-])cc1Cl. The molecule has 0 aliphatic heterocycles. The number of nitrogens with zero attached hydrogens (tertiary/aromatic N) is 1. The van der Waals surface area contributed by atoms with Crippen molar-refractivity contribution in [2.24, 2.45) is 0 Å². The number of non-ortho nitro benzene ring substituents is 1. The van der Waals surface area contributed by atoms with Crippen molar-refractivity contribution in [3.63, 3.8) is 0 Å². The van der Waals surface area contributed by atoms with Gasteiger partial charge in [0.05, 0.1) is 22.7 Å². The smallest absolute Gasteiger partial charge is 0.425 e. The molecule has 2 N–H and O–H groups in total. The molecule has 0 heterocycles. The van der Waals surface area contributed by atoms with Gasteiger partial charge in [-0.15, -0.1) is 0 Å². The molecule has 8 heteroatoms. The zero-order valence-corrected chi connectivity index (χ0v) is 8.95. The zero-order chi connectivity index (χ0) is 12.1. The van der Waals surface area contributed by atoms with E-state index in [-0.39, 0.29) is 10.7 Å². The number of carbonyl (C=O) groups excluding carboxylic acids is 1. The van der Waals surface area contributed by atoms with Gasteiger partial charge < -0.3 is 4.74 Å². The van der Waals surface area contributed by atoms with Crippen LogP contribution in [-0.2, 0) is 4.74 Å². The Kier molecular flexibility index (Phi) is 3.90. The van der Waals surface area contributed by atoms with Crippen molar-refractivity contribution in [3.8, 4) is 0 Å². The van der Waals surface area contributed by atoms with Crippen molar-refractivity contribution in [2.45, 2.75) is 0 Å². The maximum Gasteiger partial charge on any atom is 0.425 e. The lowest BCUT2D eigenvalue weighted by atomic mass is 10.3. The predicted molar refractivity (Wildman–Crippen MR) is 57.3 cm³/mol. The number of carbonyl (C=O) groups is 1. The van der Waals surface area contributed by atoms with Gasteiger partial charge in [0.1, 0.15) is 0 Å². The predicted octanol–water partition coefficient (Wildman–Crippen LogP) is 1.93. The van der Waals surface area contributed by atoms with Gasteiger partial charge >= 0.3 is 6.09 Å². The van der Waals surface area contributed by atoms with Gasteiger partial charge in [-0.1, -0.05) is 11.6 Å². The average Bonchev–Trinajstić information content (AvgIpc) is 2.26. The molecular weight excluding hydrogens is 238 g/mol. The third kappa shape index (κ3) is 2.99. The van der Waals surface area contributed by atoms with Crippen molar-refractivity contribution in [1.82, 2.24) is 5.43 Å². The van der Waals surface area contributed by atoms with Gasteiger partial charge in [0, 0.05) is 12.1 Å². The highest BCUT2D eigenvalue weighted by Crippen LogP contribution is 2.25. The summed E-state index contributed by atoms with van der Waals surface area (Å²) in [5.41, 5.74) is 4.82. The van der Waals surface area contributed by atoms with Crippen molar-refractivity contribution in [1.29, 1.82) is 0 Å². The van der Waals surface area contributed by atoms with Crippen LogP contribution in [0.2, 0.25) is 5.02 Å². The Morgan fingerprint density at radius 1 is 1.56 bits per heavy atom. The highest BCUT2D eigenvalue weighted by molar-refractivity contribution is 6.33. The quantitative estimate of drug-likeness (QED) is 0.627. The van der Waals surface area contributed by atoms with E-state index in [2.05, 4.69) is 15.6 Å². The Morgan fingerprint density at radius 3 is 2.75 bits per heavy atom. The number of nitrogens with one attached hydrogen (secondary N) is 2. The summed E-state index contributed by atoms with van der Waals surface area (Å²) in [5, 5.41) is 10.5. The summed E-state index contributed by atoms with van der Waals surface area (Å²) in [4.78, 5) is 20.6. The summed E-state index contributed by atoms with van der Waals surface area (Å²) >= 11 is 5.74. The minimum Gasteiger partial charge on any atom is -0.452 e. The van der Waals surface area contributed by atoms with Crippen LogP contribution in [-0.4, -0.2) is 18.1 Å². The molecular formula is C8H8ClN3O4. The molecule has 0 fully saturated rings. The van der Waals surface area contributed by atoms with Gasteiger partial charge in [0.15, 0.2) is 0 Å². The average molecular weight is 246 g/mol. The van der Waals surface area contributed by atoms with E-state index in [1.54, 1.807) is 0 Å². The van der Waals surface area contributed by atoms with Crippen LogP contribution in [0.3, 0.4) is 0 Å². The van der Waals surface area contributed by atoms with Crippen molar-refractivity contribution >= 4 is 29.1 Å². The van der Waals surface area contributed by atoms with Gasteiger partial charge in [-0.25, -0.2) is 10.2 Å². The molecule has 1 rings (SSSR count). The Labute approximate surface area is 95.5 Å². The summed E-state index contributed by atoms with van der Waals surface area (Å²) in [6, 6.07) is 3.80.